The van der Waals surface area contributed by atoms with E-state index in [0.29, 0.717) is 35.3 Å². The van der Waals surface area contributed by atoms with Crippen molar-refractivity contribution in [3.05, 3.63) is 95.2 Å². The fraction of sp³-hybridized carbons (Fsp3) is 0.120. The number of halogens is 3. The van der Waals surface area contributed by atoms with Crippen LogP contribution < -0.4 is 9.47 Å². The number of hydrogen-bond donors (Lipinski definition) is 0. The topological polar surface area (TPSA) is 57.1 Å². The number of carbonyl (C=O) groups is 1. The largest absolute Gasteiger partial charge is 0.490 e. The molecule has 0 N–H and O–H groups in total. The van der Waals surface area contributed by atoms with Gasteiger partial charge in [0.1, 0.15) is 6.61 Å². The molecule has 0 amide bonds. The summed E-state index contributed by atoms with van der Waals surface area (Å²) in [6, 6.07) is 19.0. The van der Waals surface area contributed by atoms with Crippen LogP contribution in [-0.4, -0.2) is 18.5 Å². The van der Waals surface area contributed by atoms with E-state index >= 15 is 0 Å². The molecule has 0 spiro atoms. The first-order valence-corrected chi connectivity index (χ1v) is 12.6. The second-order valence-corrected chi connectivity index (χ2v) is 9.81. The number of aliphatic imine (C=N–C) groups is 1. The number of ether oxygens (including phenoxy) is 3. The second kappa shape index (κ2) is 10.9. The lowest BCUT2D eigenvalue weighted by atomic mass is 10.1. The molecule has 4 rings (SSSR count). The molecule has 3 aromatic carbocycles. The van der Waals surface area contributed by atoms with Crippen LogP contribution in [0.2, 0.25) is 5.02 Å². The molecule has 0 fully saturated rings. The van der Waals surface area contributed by atoms with E-state index in [1.165, 1.54) is 3.57 Å². The van der Waals surface area contributed by atoms with Crippen LogP contribution in [0.4, 0.5) is 0 Å². The summed E-state index contributed by atoms with van der Waals surface area (Å²) in [4.78, 5) is 16.8. The summed E-state index contributed by atoms with van der Waals surface area (Å²) < 4.78 is 19.3. The van der Waals surface area contributed by atoms with Crippen LogP contribution in [0.15, 0.2) is 71.4 Å². The smallest absolute Gasteiger partial charge is 0.363 e. The van der Waals surface area contributed by atoms with Crippen molar-refractivity contribution in [1.29, 1.82) is 0 Å². The molecule has 0 atom stereocenters. The Labute approximate surface area is 224 Å². The Kier molecular flexibility index (Phi) is 7.92. The van der Waals surface area contributed by atoms with Crippen molar-refractivity contribution in [1.82, 2.24) is 0 Å². The Morgan fingerprint density at radius 2 is 1.82 bits per heavy atom. The fourth-order valence-corrected chi connectivity index (χ4v) is 4.48. The lowest BCUT2D eigenvalue weighted by Crippen LogP contribution is -2.05. The molecule has 1 aliphatic heterocycles. The molecule has 8 heteroatoms. The normalized spacial score (nSPS) is 14.2. The van der Waals surface area contributed by atoms with Crippen LogP contribution in [0.3, 0.4) is 0 Å². The van der Waals surface area contributed by atoms with Gasteiger partial charge in [0.15, 0.2) is 17.2 Å². The SMILES string of the molecule is CCOc1cc(/C=C2\N=C(c3ccccc3Cl)OC2=O)cc(I)c1OCc1ccc(I)cc1. The molecule has 1 aliphatic rings. The highest BCUT2D eigenvalue weighted by molar-refractivity contribution is 14.1. The van der Waals surface area contributed by atoms with E-state index in [-0.39, 0.29) is 11.6 Å². The molecule has 1 heterocycles. The number of nitrogens with zero attached hydrogens (tertiary/aromatic N) is 1. The minimum absolute atomic E-state index is 0.189. The minimum atomic E-state index is -0.531. The maximum absolute atomic E-state index is 12.4. The van der Waals surface area contributed by atoms with E-state index < -0.39 is 5.97 Å². The number of rotatable bonds is 7. The van der Waals surface area contributed by atoms with Gasteiger partial charge in [-0.3, -0.25) is 0 Å². The molecule has 0 radical (unpaired) electrons. The van der Waals surface area contributed by atoms with Gasteiger partial charge in [-0.15, -0.1) is 0 Å². The lowest BCUT2D eigenvalue weighted by Gasteiger charge is -2.15. The average molecular weight is 686 g/mol. The van der Waals surface area contributed by atoms with Gasteiger partial charge in [-0.25, -0.2) is 9.79 Å². The van der Waals surface area contributed by atoms with Gasteiger partial charge < -0.3 is 14.2 Å². The minimum Gasteiger partial charge on any atom is -0.490 e. The summed E-state index contributed by atoms with van der Waals surface area (Å²) in [6.45, 7) is 2.81. The first-order chi connectivity index (χ1) is 15.9. The number of cyclic esters (lactones) is 1. The van der Waals surface area contributed by atoms with E-state index in [2.05, 4.69) is 50.2 Å². The van der Waals surface area contributed by atoms with Crippen molar-refractivity contribution in [2.24, 2.45) is 4.99 Å². The second-order valence-electron chi connectivity index (χ2n) is 6.99. The molecule has 33 heavy (non-hydrogen) atoms. The van der Waals surface area contributed by atoms with Gasteiger partial charge in [0.05, 0.1) is 20.8 Å². The predicted molar refractivity (Wildman–Crippen MR) is 146 cm³/mol. The van der Waals surface area contributed by atoms with Crippen molar-refractivity contribution < 1.29 is 19.0 Å². The highest BCUT2D eigenvalue weighted by atomic mass is 127. The maximum Gasteiger partial charge on any atom is 0.363 e. The van der Waals surface area contributed by atoms with Crippen LogP contribution in [-0.2, 0) is 16.1 Å². The van der Waals surface area contributed by atoms with E-state index in [4.69, 9.17) is 25.8 Å². The van der Waals surface area contributed by atoms with Crippen molar-refractivity contribution in [3.63, 3.8) is 0 Å². The number of carbonyl (C=O) groups excluding carboxylic acids is 1. The Morgan fingerprint density at radius 3 is 2.55 bits per heavy atom. The average Bonchev–Trinajstić information content (AvgIpc) is 3.15. The van der Waals surface area contributed by atoms with Crippen LogP contribution in [0.1, 0.15) is 23.6 Å². The molecule has 0 aromatic heterocycles. The maximum atomic E-state index is 12.4. The zero-order chi connectivity index (χ0) is 23.4. The van der Waals surface area contributed by atoms with E-state index in [0.717, 1.165) is 14.7 Å². The molecule has 0 saturated carbocycles. The van der Waals surface area contributed by atoms with Crippen molar-refractivity contribution in [2.45, 2.75) is 13.5 Å². The van der Waals surface area contributed by atoms with Crippen LogP contribution >= 0.6 is 56.8 Å². The first-order valence-electron chi connectivity index (χ1n) is 10.1. The molecule has 0 aliphatic carbocycles. The first kappa shape index (κ1) is 24.0. The molecule has 0 bridgehead atoms. The lowest BCUT2D eigenvalue weighted by molar-refractivity contribution is -0.129. The number of benzene rings is 3. The Morgan fingerprint density at radius 1 is 1.06 bits per heavy atom. The monoisotopic (exact) mass is 685 g/mol. The van der Waals surface area contributed by atoms with Crippen LogP contribution in [0.25, 0.3) is 6.08 Å². The molecule has 0 saturated heterocycles. The van der Waals surface area contributed by atoms with Gasteiger partial charge in [0, 0.05) is 3.57 Å². The van der Waals surface area contributed by atoms with Gasteiger partial charge in [-0.2, -0.15) is 0 Å². The Hall–Kier alpha value is -2.11. The summed E-state index contributed by atoms with van der Waals surface area (Å²) in [5.41, 5.74) is 2.58. The summed E-state index contributed by atoms with van der Waals surface area (Å²) in [6.07, 6.45) is 1.67. The number of hydrogen-bond acceptors (Lipinski definition) is 5. The van der Waals surface area contributed by atoms with Crippen molar-refractivity contribution in [3.8, 4) is 11.5 Å². The Balaban J connectivity index is 1.61. The highest BCUT2D eigenvalue weighted by Gasteiger charge is 2.25. The molecular weight excluding hydrogens is 668 g/mol. The molecule has 168 valence electrons. The van der Waals surface area contributed by atoms with Gasteiger partial charge in [-0.05, 0) is 106 Å². The van der Waals surface area contributed by atoms with Gasteiger partial charge in [0.2, 0.25) is 5.90 Å². The third-order valence-corrected chi connectivity index (χ3v) is 6.51. The van der Waals surface area contributed by atoms with E-state index in [1.807, 2.05) is 49.4 Å². The molecule has 0 unspecified atom stereocenters. The van der Waals surface area contributed by atoms with Crippen LogP contribution in [0, 0.1) is 7.14 Å². The van der Waals surface area contributed by atoms with Crippen LogP contribution in [0.5, 0.6) is 11.5 Å². The summed E-state index contributed by atoms with van der Waals surface area (Å²) in [5.74, 6) is 0.918. The molecule has 3 aromatic rings. The Bertz CT molecular complexity index is 1260. The summed E-state index contributed by atoms with van der Waals surface area (Å²) >= 11 is 10.7. The third-order valence-electron chi connectivity index (χ3n) is 4.66. The van der Waals surface area contributed by atoms with Crippen molar-refractivity contribution in [2.75, 3.05) is 6.61 Å². The molecule has 5 nitrogen and oxygen atoms in total. The van der Waals surface area contributed by atoms with Gasteiger partial charge in [0.25, 0.3) is 0 Å². The van der Waals surface area contributed by atoms with Crippen molar-refractivity contribution >= 4 is 74.7 Å². The standard InChI is InChI=1S/C25H18ClI2NO4/c1-2-31-22-13-16(11-20(28)23(22)32-14-15-7-9-17(27)10-8-15)12-21-25(30)33-24(29-21)18-5-3-4-6-19(18)26/h3-13H,2,14H2,1H3/b21-12-. The zero-order valence-electron chi connectivity index (χ0n) is 17.5. The van der Waals surface area contributed by atoms with E-state index in [9.17, 15) is 4.79 Å². The number of esters is 1. The van der Waals surface area contributed by atoms with E-state index in [1.54, 1.807) is 24.3 Å². The zero-order valence-corrected chi connectivity index (χ0v) is 22.6. The fourth-order valence-electron chi connectivity index (χ4n) is 3.13. The quantitative estimate of drug-likeness (QED) is 0.155. The third kappa shape index (κ3) is 5.88. The summed E-state index contributed by atoms with van der Waals surface area (Å²) in [7, 11) is 0. The van der Waals surface area contributed by atoms with Gasteiger partial charge in [-0.1, -0.05) is 35.9 Å². The molecular formula is C25H18ClI2NO4. The predicted octanol–water partition coefficient (Wildman–Crippen LogP) is 6.87. The highest BCUT2D eigenvalue weighted by Crippen LogP contribution is 2.36. The summed E-state index contributed by atoms with van der Waals surface area (Å²) in [5, 5.41) is 0.466. The van der Waals surface area contributed by atoms with Gasteiger partial charge >= 0.3 is 5.97 Å².